The van der Waals surface area contributed by atoms with Crippen molar-refractivity contribution in [3.63, 3.8) is 0 Å². The predicted molar refractivity (Wildman–Crippen MR) is 105 cm³/mol. The van der Waals surface area contributed by atoms with Crippen molar-refractivity contribution in [2.24, 2.45) is 0 Å². The van der Waals surface area contributed by atoms with Crippen LogP contribution in [-0.2, 0) is 0 Å². The summed E-state index contributed by atoms with van der Waals surface area (Å²) in [6.07, 6.45) is -0.185. The van der Waals surface area contributed by atoms with Gasteiger partial charge >= 0.3 is 0 Å². The third kappa shape index (κ3) is 4.76. The van der Waals surface area contributed by atoms with E-state index in [-0.39, 0.29) is 17.2 Å². The summed E-state index contributed by atoms with van der Waals surface area (Å²) in [6, 6.07) is 14.5. The first kappa shape index (κ1) is 19.8. The maximum absolute atomic E-state index is 12.6. The molecule has 2 aromatic rings. The van der Waals surface area contributed by atoms with E-state index in [4.69, 9.17) is 0 Å². The van der Waals surface area contributed by atoms with Crippen LogP contribution in [0.2, 0.25) is 0 Å². The summed E-state index contributed by atoms with van der Waals surface area (Å²) in [5, 5.41) is 20.5. The number of hydrogen-bond donors (Lipinski definition) is 2. The minimum atomic E-state index is -0.620. The number of benzene rings is 2. The molecule has 2 aromatic carbocycles. The number of nitrogens with zero attached hydrogens (tertiary/aromatic N) is 2. The Morgan fingerprint density at radius 3 is 2.31 bits per heavy atom. The van der Waals surface area contributed by atoms with Gasteiger partial charge in [-0.2, -0.15) is 0 Å². The van der Waals surface area contributed by atoms with Crippen LogP contribution in [0.3, 0.4) is 0 Å². The lowest BCUT2D eigenvalue weighted by Crippen LogP contribution is -2.29. The average Bonchev–Trinajstić information content (AvgIpc) is 2.67. The Bertz CT molecular complexity index is 714. The number of aliphatic hydroxyl groups excluding tert-OH is 1. The molecule has 1 unspecified atom stereocenters. The second-order valence-electron chi connectivity index (χ2n) is 6.32. The molecule has 5 heteroatoms. The highest BCUT2D eigenvalue weighted by Gasteiger charge is 2.18. The molecule has 140 valence electrons. The van der Waals surface area contributed by atoms with Crippen molar-refractivity contribution in [2.75, 3.05) is 31.6 Å². The highest BCUT2D eigenvalue weighted by atomic mass is 16.3. The molecule has 0 spiro atoms. The standard InChI is InChI=1S/C21H28N2O3/c1-4-23(5-2)17-11-12-18(20(25)15-17)21(26)22(3)14-13-19(24)16-9-7-6-8-10-16/h6-12,15,19,24-25H,4-5,13-14H2,1-3H3. The van der Waals surface area contributed by atoms with E-state index in [1.165, 1.54) is 4.90 Å². The molecule has 0 aliphatic rings. The van der Waals surface area contributed by atoms with Crippen molar-refractivity contribution in [2.45, 2.75) is 26.4 Å². The highest BCUT2D eigenvalue weighted by molar-refractivity contribution is 5.97. The number of phenolic OH excluding ortho intramolecular Hbond substituents is 1. The Morgan fingerprint density at radius 1 is 1.08 bits per heavy atom. The normalized spacial score (nSPS) is 11.8. The quantitative estimate of drug-likeness (QED) is 0.761. The largest absolute Gasteiger partial charge is 0.507 e. The van der Waals surface area contributed by atoms with Crippen LogP contribution < -0.4 is 4.90 Å². The van der Waals surface area contributed by atoms with Gasteiger partial charge in [-0.25, -0.2) is 0 Å². The molecule has 0 radical (unpaired) electrons. The van der Waals surface area contributed by atoms with Crippen LogP contribution >= 0.6 is 0 Å². The van der Waals surface area contributed by atoms with E-state index in [0.717, 1.165) is 24.3 Å². The number of hydrogen-bond acceptors (Lipinski definition) is 4. The average molecular weight is 356 g/mol. The molecule has 1 atom stereocenters. The number of anilines is 1. The summed E-state index contributed by atoms with van der Waals surface area (Å²) in [5.41, 5.74) is 2.00. The molecule has 0 heterocycles. The molecule has 5 nitrogen and oxygen atoms in total. The monoisotopic (exact) mass is 356 g/mol. The van der Waals surface area contributed by atoms with Gasteiger partial charge in [0.25, 0.3) is 5.91 Å². The van der Waals surface area contributed by atoms with Crippen LogP contribution in [0.1, 0.15) is 42.3 Å². The van der Waals surface area contributed by atoms with Gasteiger partial charge in [0, 0.05) is 38.4 Å². The van der Waals surface area contributed by atoms with Crippen molar-refractivity contribution in [3.8, 4) is 5.75 Å². The van der Waals surface area contributed by atoms with Crippen LogP contribution in [0.5, 0.6) is 5.75 Å². The lowest BCUT2D eigenvalue weighted by Gasteiger charge is -2.23. The fourth-order valence-corrected chi connectivity index (χ4v) is 2.95. The Kier molecular flexibility index (Phi) is 7.04. The first-order valence-electron chi connectivity index (χ1n) is 9.04. The zero-order chi connectivity index (χ0) is 19.1. The summed E-state index contributed by atoms with van der Waals surface area (Å²) in [5.74, 6) is -0.274. The van der Waals surface area contributed by atoms with E-state index in [0.29, 0.717) is 13.0 Å². The maximum atomic E-state index is 12.6. The Labute approximate surface area is 155 Å². The van der Waals surface area contributed by atoms with Gasteiger partial charge in [0.05, 0.1) is 11.7 Å². The summed E-state index contributed by atoms with van der Waals surface area (Å²) in [7, 11) is 1.68. The van der Waals surface area contributed by atoms with Crippen molar-refractivity contribution in [1.82, 2.24) is 4.90 Å². The summed E-state index contributed by atoms with van der Waals surface area (Å²) in [4.78, 5) is 16.2. The van der Waals surface area contributed by atoms with Gasteiger partial charge in [0.2, 0.25) is 0 Å². The third-order valence-electron chi connectivity index (χ3n) is 4.61. The number of phenols is 1. The molecular weight excluding hydrogens is 328 g/mol. The van der Waals surface area contributed by atoms with E-state index in [9.17, 15) is 15.0 Å². The second-order valence-corrected chi connectivity index (χ2v) is 6.32. The molecule has 2 N–H and O–H groups in total. The molecular formula is C21H28N2O3. The molecule has 0 aliphatic carbocycles. The SMILES string of the molecule is CCN(CC)c1ccc(C(=O)N(C)CCC(O)c2ccccc2)c(O)c1. The van der Waals surface area contributed by atoms with Crippen molar-refractivity contribution in [1.29, 1.82) is 0 Å². The molecule has 0 fully saturated rings. The number of amides is 1. The number of rotatable bonds is 8. The second kappa shape index (κ2) is 9.25. The topological polar surface area (TPSA) is 64.0 Å². The van der Waals surface area contributed by atoms with Crippen molar-refractivity contribution >= 4 is 11.6 Å². The molecule has 1 amide bonds. The van der Waals surface area contributed by atoms with E-state index in [1.807, 2.05) is 50.2 Å². The lowest BCUT2D eigenvalue weighted by molar-refractivity contribution is 0.0758. The molecule has 2 rings (SSSR count). The molecule has 0 aromatic heterocycles. The van der Waals surface area contributed by atoms with Crippen LogP contribution in [0, 0.1) is 0 Å². The van der Waals surface area contributed by atoms with E-state index < -0.39 is 6.10 Å². The number of aliphatic hydroxyl groups is 1. The minimum absolute atomic E-state index is 0.0187. The van der Waals surface area contributed by atoms with Gasteiger partial charge in [0.1, 0.15) is 5.75 Å². The molecule has 0 bridgehead atoms. The van der Waals surface area contributed by atoms with Gasteiger partial charge in [-0.1, -0.05) is 30.3 Å². The van der Waals surface area contributed by atoms with Crippen LogP contribution in [-0.4, -0.2) is 47.7 Å². The fraction of sp³-hybridized carbons (Fsp3) is 0.381. The third-order valence-corrected chi connectivity index (χ3v) is 4.61. The zero-order valence-electron chi connectivity index (χ0n) is 15.7. The van der Waals surface area contributed by atoms with Crippen LogP contribution in [0.4, 0.5) is 5.69 Å². The van der Waals surface area contributed by atoms with E-state index >= 15 is 0 Å². The summed E-state index contributed by atoms with van der Waals surface area (Å²) >= 11 is 0. The molecule has 0 aliphatic heterocycles. The fourth-order valence-electron chi connectivity index (χ4n) is 2.95. The van der Waals surface area contributed by atoms with E-state index in [1.54, 1.807) is 19.2 Å². The van der Waals surface area contributed by atoms with Crippen LogP contribution in [0.15, 0.2) is 48.5 Å². The maximum Gasteiger partial charge on any atom is 0.257 e. The molecule has 26 heavy (non-hydrogen) atoms. The van der Waals surface area contributed by atoms with Crippen molar-refractivity contribution in [3.05, 3.63) is 59.7 Å². The Hall–Kier alpha value is -2.53. The first-order valence-corrected chi connectivity index (χ1v) is 9.04. The van der Waals surface area contributed by atoms with Crippen LogP contribution in [0.25, 0.3) is 0 Å². The smallest absolute Gasteiger partial charge is 0.257 e. The lowest BCUT2D eigenvalue weighted by atomic mass is 10.1. The molecule has 0 saturated heterocycles. The predicted octanol–water partition coefficient (Wildman–Crippen LogP) is 3.43. The highest BCUT2D eigenvalue weighted by Crippen LogP contribution is 2.26. The Balaban J connectivity index is 2.01. The van der Waals surface area contributed by atoms with Gasteiger partial charge in [-0.05, 0) is 38.0 Å². The summed E-state index contributed by atoms with van der Waals surface area (Å²) < 4.78 is 0. The van der Waals surface area contributed by atoms with Crippen molar-refractivity contribution < 1.29 is 15.0 Å². The van der Waals surface area contributed by atoms with Gasteiger partial charge in [0.15, 0.2) is 0 Å². The number of aromatic hydroxyl groups is 1. The summed E-state index contributed by atoms with van der Waals surface area (Å²) in [6.45, 7) is 6.16. The van der Waals surface area contributed by atoms with Gasteiger partial charge in [-0.3, -0.25) is 4.79 Å². The first-order chi connectivity index (χ1) is 12.5. The van der Waals surface area contributed by atoms with Gasteiger partial charge < -0.3 is 20.0 Å². The zero-order valence-corrected chi connectivity index (χ0v) is 15.7. The number of carbonyl (C=O) groups excluding carboxylic acids is 1. The van der Waals surface area contributed by atoms with E-state index in [2.05, 4.69) is 4.90 Å². The number of carbonyl (C=O) groups is 1. The Morgan fingerprint density at radius 2 is 1.73 bits per heavy atom. The molecule has 0 saturated carbocycles. The van der Waals surface area contributed by atoms with Gasteiger partial charge in [-0.15, -0.1) is 0 Å². The minimum Gasteiger partial charge on any atom is -0.507 e.